The van der Waals surface area contributed by atoms with Gasteiger partial charge in [-0.25, -0.2) is 9.78 Å². The molecule has 9 nitrogen and oxygen atoms in total. The van der Waals surface area contributed by atoms with Crippen LogP contribution in [0.15, 0.2) is 11.1 Å². The van der Waals surface area contributed by atoms with Crippen LogP contribution in [0.2, 0.25) is 0 Å². The molecule has 1 aliphatic heterocycles. The van der Waals surface area contributed by atoms with Crippen molar-refractivity contribution in [3.8, 4) is 0 Å². The molecule has 1 saturated heterocycles. The summed E-state index contributed by atoms with van der Waals surface area (Å²) in [6.07, 6.45) is 0.416. The second-order valence-electron chi connectivity index (χ2n) is 6.86. The van der Waals surface area contributed by atoms with E-state index in [0.717, 1.165) is 0 Å². The monoisotopic (exact) mass is 338 g/mol. The molecule has 0 aliphatic carbocycles. The van der Waals surface area contributed by atoms with Crippen molar-refractivity contribution in [2.75, 3.05) is 5.32 Å². The molecule has 1 fully saturated rings. The maximum atomic E-state index is 12.2. The van der Waals surface area contributed by atoms with Gasteiger partial charge in [-0.1, -0.05) is 27.7 Å². The van der Waals surface area contributed by atoms with Gasteiger partial charge in [0.1, 0.15) is 12.6 Å². The first-order chi connectivity index (χ1) is 11.1. The van der Waals surface area contributed by atoms with Crippen molar-refractivity contribution in [1.82, 2.24) is 14.5 Å². The minimum Gasteiger partial charge on any atom is -0.436 e. The zero-order valence-corrected chi connectivity index (χ0v) is 14.4. The maximum Gasteiger partial charge on any atom is 0.354 e. The number of nitrogens with one attached hydrogen (secondary N) is 1. The average Bonchev–Trinajstić information content (AvgIpc) is 2.78. The first kappa shape index (κ1) is 18.1. The van der Waals surface area contributed by atoms with Gasteiger partial charge in [0.05, 0.1) is 0 Å². The van der Waals surface area contributed by atoms with E-state index in [1.165, 1.54) is 17.8 Å². The van der Waals surface area contributed by atoms with Crippen molar-refractivity contribution < 1.29 is 19.1 Å². The fourth-order valence-corrected chi connectivity index (χ4v) is 2.15. The molecule has 0 saturated carbocycles. The third kappa shape index (κ3) is 4.16. The lowest BCUT2D eigenvalue weighted by molar-refractivity contribution is -0.184. The topological polar surface area (TPSA) is 112 Å². The highest BCUT2D eigenvalue weighted by Crippen LogP contribution is 2.32. The van der Waals surface area contributed by atoms with E-state index in [4.69, 9.17) is 9.47 Å². The smallest absolute Gasteiger partial charge is 0.354 e. The summed E-state index contributed by atoms with van der Waals surface area (Å²) in [5.74, 6) is -0.860. The molecular formula is C15H22N4O5. The summed E-state index contributed by atoms with van der Waals surface area (Å²) < 4.78 is 11.8. The van der Waals surface area contributed by atoms with Crippen LogP contribution >= 0.6 is 0 Å². The number of anilines is 1. The van der Waals surface area contributed by atoms with E-state index >= 15 is 0 Å². The van der Waals surface area contributed by atoms with Gasteiger partial charge >= 0.3 is 11.7 Å². The zero-order valence-electron chi connectivity index (χ0n) is 14.4. The van der Waals surface area contributed by atoms with Crippen molar-refractivity contribution in [1.29, 1.82) is 0 Å². The number of hydrogen-bond acceptors (Lipinski definition) is 7. The van der Waals surface area contributed by atoms with Gasteiger partial charge in [0.2, 0.25) is 18.1 Å². The summed E-state index contributed by atoms with van der Waals surface area (Å²) in [6, 6.07) is 0. The number of aromatic nitrogens is 3. The van der Waals surface area contributed by atoms with E-state index in [1.54, 1.807) is 20.8 Å². The Morgan fingerprint density at radius 3 is 2.62 bits per heavy atom. The highest BCUT2D eigenvalue weighted by atomic mass is 16.7. The molecule has 0 spiro atoms. The molecule has 2 rings (SSSR count). The summed E-state index contributed by atoms with van der Waals surface area (Å²) >= 11 is 0. The second-order valence-corrected chi connectivity index (χ2v) is 6.86. The van der Waals surface area contributed by atoms with Crippen LogP contribution in [0, 0.1) is 11.3 Å². The van der Waals surface area contributed by atoms with Crippen molar-refractivity contribution in [2.45, 2.75) is 53.6 Å². The summed E-state index contributed by atoms with van der Waals surface area (Å²) in [5.41, 5.74) is -1.23. The molecule has 24 heavy (non-hydrogen) atoms. The Hall–Kier alpha value is -2.29. The van der Waals surface area contributed by atoms with Gasteiger partial charge < -0.3 is 9.47 Å². The predicted octanol–water partition coefficient (Wildman–Crippen LogP) is 1.07. The molecule has 1 aliphatic rings. The van der Waals surface area contributed by atoms with E-state index in [1.807, 2.05) is 6.92 Å². The van der Waals surface area contributed by atoms with E-state index in [0.29, 0.717) is 6.42 Å². The minimum atomic E-state index is -0.709. The Balaban J connectivity index is 2.12. The summed E-state index contributed by atoms with van der Waals surface area (Å²) in [5, 5.41) is 2.50. The minimum absolute atomic E-state index is 0.0567. The molecular weight excluding hydrogens is 316 g/mol. The van der Waals surface area contributed by atoms with E-state index in [9.17, 15) is 14.4 Å². The molecule has 0 aromatic carbocycles. The Morgan fingerprint density at radius 2 is 2.08 bits per heavy atom. The number of amides is 1. The standard InChI is InChI=1S/C15H22N4O5/c1-8-6-10(24-11(8)23-9(2)20)19-7-16-13(18-14(19)22)17-12(21)15(3,4)5/h7-8,10-11H,6H2,1-5H3,(H,17,18,21,22)/t8-,10+,11?/m0/s1. The lowest BCUT2D eigenvalue weighted by atomic mass is 9.96. The lowest BCUT2D eigenvalue weighted by Crippen LogP contribution is -2.32. The van der Waals surface area contributed by atoms with Crippen molar-refractivity contribution in [3.63, 3.8) is 0 Å². The molecule has 132 valence electrons. The number of ether oxygens (including phenoxy) is 2. The third-order valence-corrected chi connectivity index (χ3v) is 3.55. The quantitative estimate of drug-likeness (QED) is 0.820. The Morgan fingerprint density at radius 1 is 1.42 bits per heavy atom. The van der Waals surface area contributed by atoms with Gasteiger partial charge in [-0.05, 0) is 0 Å². The Kier molecular flexibility index (Phi) is 5.02. The van der Waals surface area contributed by atoms with Crippen LogP contribution in [0.3, 0.4) is 0 Å². The number of hydrogen-bond donors (Lipinski definition) is 1. The first-order valence-electron chi connectivity index (χ1n) is 7.67. The van der Waals surface area contributed by atoms with Crippen molar-refractivity contribution in [3.05, 3.63) is 16.8 Å². The second kappa shape index (κ2) is 6.68. The van der Waals surface area contributed by atoms with Gasteiger partial charge in [-0.3, -0.25) is 19.5 Å². The van der Waals surface area contributed by atoms with Crippen LogP contribution in [0.1, 0.15) is 47.3 Å². The van der Waals surface area contributed by atoms with Gasteiger partial charge in [-0.2, -0.15) is 4.98 Å². The molecule has 0 bridgehead atoms. The Bertz CT molecular complexity index is 694. The van der Waals surface area contributed by atoms with Crippen LogP contribution in [0.5, 0.6) is 0 Å². The normalized spacial score (nSPS) is 23.8. The number of esters is 1. The van der Waals surface area contributed by atoms with Gasteiger partial charge in [0, 0.05) is 24.7 Å². The number of nitrogens with zero attached hydrogens (tertiary/aromatic N) is 3. The van der Waals surface area contributed by atoms with Gasteiger partial charge in [0.25, 0.3) is 0 Å². The van der Waals surface area contributed by atoms with E-state index in [-0.39, 0.29) is 17.8 Å². The van der Waals surface area contributed by atoms with Crippen LogP contribution in [-0.2, 0) is 19.1 Å². The number of rotatable bonds is 3. The SMILES string of the molecule is CC(=O)OC1O[C@@H](n2cnc(NC(=O)C(C)(C)C)nc2=O)C[C@@H]1C. The molecule has 9 heteroatoms. The molecule has 1 aromatic rings. The lowest BCUT2D eigenvalue weighted by Gasteiger charge is -2.17. The zero-order chi connectivity index (χ0) is 18.1. The van der Waals surface area contributed by atoms with E-state index in [2.05, 4.69) is 15.3 Å². The third-order valence-electron chi connectivity index (χ3n) is 3.55. The fraction of sp³-hybridized carbons (Fsp3) is 0.667. The van der Waals surface area contributed by atoms with Crippen LogP contribution < -0.4 is 11.0 Å². The predicted molar refractivity (Wildman–Crippen MR) is 83.8 cm³/mol. The van der Waals surface area contributed by atoms with Crippen molar-refractivity contribution >= 4 is 17.8 Å². The largest absolute Gasteiger partial charge is 0.436 e. The molecule has 1 amide bonds. The molecule has 2 heterocycles. The number of carbonyl (C=O) groups is 2. The Labute approximate surface area is 139 Å². The summed E-state index contributed by atoms with van der Waals surface area (Å²) in [7, 11) is 0. The average molecular weight is 338 g/mol. The van der Waals surface area contributed by atoms with Gasteiger partial charge in [-0.15, -0.1) is 0 Å². The highest BCUT2D eigenvalue weighted by Gasteiger charge is 2.36. The first-order valence-corrected chi connectivity index (χ1v) is 7.67. The molecule has 1 aromatic heterocycles. The summed E-state index contributed by atoms with van der Waals surface area (Å²) in [6.45, 7) is 8.38. The maximum absolute atomic E-state index is 12.2. The highest BCUT2D eigenvalue weighted by molar-refractivity contribution is 5.92. The molecule has 1 unspecified atom stereocenters. The van der Waals surface area contributed by atoms with E-state index < -0.39 is 29.6 Å². The molecule has 1 N–H and O–H groups in total. The number of carbonyl (C=O) groups excluding carboxylic acids is 2. The molecule has 3 atom stereocenters. The fourth-order valence-electron chi connectivity index (χ4n) is 2.15. The van der Waals surface area contributed by atoms with Crippen molar-refractivity contribution in [2.24, 2.45) is 11.3 Å². The van der Waals surface area contributed by atoms with Crippen LogP contribution in [0.25, 0.3) is 0 Å². The summed E-state index contributed by atoms with van der Waals surface area (Å²) in [4.78, 5) is 42.9. The molecule has 0 radical (unpaired) electrons. The van der Waals surface area contributed by atoms with Crippen LogP contribution in [0.4, 0.5) is 5.95 Å². The van der Waals surface area contributed by atoms with Gasteiger partial charge in [0.15, 0.2) is 0 Å². The van der Waals surface area contributed by atoms with Crippen LogP contribution in [-0.4, -0.2) is 32.7 Å².